The number of pyridine rings is 1. The van der Waals surface area contributed by atoms with Crippen LogP contribution >= 0.6 is 0 Å². The average Bonchev–Trinajstić information content (AvgIpc) is 3.47. The van der Waals surface area contributed by atoms with E-state index in [-0.39, 0.29) is 0 Å². The molecule has 6 rings (SSSR count). The second kappa shape index (κ2) is 10.2. The molecule has 0 atom stereocenters. The van der Waals surface area contributed by atoms with Crippen molar-refractivity contribution in [3.8, 4) is 5.75 Å². The van der Waals surface area contributed by atoms with Gasteiger partial charge in [-0.15, -0.1) is 0 Å². The van der Waals surface area contributed by atoms with E-state index in [1.54, 1.807) is 0 Å². The Morgan fingerprint density at radius 1 is 1.06 bits per heavy atom. The maximum atomic E-state index is 6.18. The molecule has 0 bridgehead atoms. The zero-order chi connectivity index (χ0) is 24.5. The number of piperidine rings is 1. The van der Waals surface area contributed by atoms with Crippen molar-refractivity contribution in [1.82, 2.24) is 24.6 Å². The first-order chi connectivity index (χ1) is 17.6. The van der Waals surface area contributed by atoms with Gasteiger partial charge in [0.25, 0.3) is 0 Å². The minimum absolute atomic E-state index is 0.726. The van der Waals surface area contributed by atoms with Crippen molar-refractivity contribution in [2.45, 2.75) is 51.6 Å². The molecule has 0 unspecified atom stereocenters. The predicted molar refractivity (Wildman–Crippen MR) is 141 cm³/mol. The van der Waals surface area contributed by atoms with Gasteiger partial charge in [0.2, 0.25) is 0 Å². The van der Waals surface area contributed by atoms with Gasteiger partial charge in [0.15, 0.2) is 5.58 Å². The van der Waals surface area contributed by atoms with E-state index < -0.39 is 0 Å². The first-order valence-electron chi connectivity index (χ1n) is 13.5. The van der Waals surface area contributed by atoms with Crippen LogP contribution in [0.15, 0.2) is 47.1 Å². The smallest absolute Gasteiger partial charge is 0.175 e. The monoisotopic (exact) mass is 487 g/mol. The summed E-state index contributed by atoms with van der Waals surface area (Å²) in [6, 6.07) is 12.7. The number of likely N-dealkylation sites (tertiary alicyclic amines) is 1. The molecule has 0 N–H and O–H groups in total. The van der Waals surface area contributed by atoms with Crippen LogP contribution in [-0.2, 0) is 19.5 Å². The molecule has 1 aromatic carbocycles. The van der Waals surface area contributed by atoms with Crippen LogP contribution in [0.3, 0.4) is 0 Å². The number of ether oxygens (including phenoxy) is 1. The summed E-state index contributed by atoms with van der Waals surface area (Å²) >= 11 is 0. The Hall–Kier alpha value is -2.90. The largest absolute Gasteiger partial charge is 0.493 e. The van der Waals surface area contributed by atoms with Crippen molar-refractivity contribution in [2.24, 2.45) is 11.8 Å². The highest BCUT2D eigenvalue weighted by Gasteiger charge is 2.25. The van der Waals surface area contributed by atoms with Crippen LogP contribution in [0.5, 0.6) is 5.75 Å². The molecule has 7 nitrogen and oxygen atoms in total. The molecule has 1 saturated carbocycles. The molecule has 1 aliphatic carbocycles. The van der Waals surface area contributed by atoms with Crippen LogP contribution in [0.25, 0.3) is 16.5 Å². The molecule has 3 aromatic heterocycles. The molecule has 0 radical (unpaired) electrons. The topological polar surface area (TPSA) is 59.0 Å². The highest BCUT2D eigenvalue weighted by molar-refractivity contribution is 5.84. The molecule has 190 valence electrons. The standard InChI is InChI=1S/C29H37N5O2/c1-32(2)19-26-28(35-20-22-6-7-22)11-9-25-27(31-36-29(25)26)10-8-21-12-15-33(16-13-21)18-23-17-24-5-3-4-14-34(24)30-23/h3-5,9,11,14,17,21-22H,6-8,10,12-13,15-16,18-20H2,1-2H3. The van der Waals surface area contributed by atoms with Gasteiger partial charge in [0.05, 0.1) is 29.1 Å². The Kier molecular flexibility index (Phi) is 6.67. The maximum Gasteiger partial charge on any atom is 0.175 e. The van der Waals surface area contributed by atoms with Gasteiger partial charge < -0.3 is 14.2 Å². The lowest BCUT2D eigenvalue weighted by atomic mass is 9.91. The number of aryl methyl sites for hydroxylation is 1. The molecule has 7 heteroatoms. The lowest BCUT2D eigenvalue weighted by Gasteiger charge is -2.31. The number of benzene rings is 1. The number of aromatic nitrogens is 3. The van der Waals surface area contributed by atoms with Crippen LogP contribution in [0.4, 0.5) is 0 Å². The van der Waals surface area contributed by atoms with Crippen LogP contribution < -0.4 is 4.74 Å². The first-order valence-corrected chi connectivity index (χ1v) is 13.5. The maximum absolute atomic E-state index is 6.18. The van der Waals surface area contributed by atoms with Crippen LogP contribution in [0, 0.1) is 11.8 Å². The summed E-state index contributed by atoms with van der Waals surface area (Å²) in [6.45, 7) is 4.79. The fourth-order valence-electron chi connectivity index (χ4n) is 5.44. The SMILES string of the molecule is CN(C)Cc1c(OCC2CC2)ccc2c(CCC3CCN(Cc4cc5ccccn5n4)CC3)noc12. The molecule has 2 aliphatic rings. The van der Waals surface area contributed by atoms with Gasteiger partial charge in [0.1, 0.15) is 5.75 Å². The minimum Gasteiger partial charge on any atom is -0.493 e. The third-order valence-electron chi connectivity index (χ3n) is 7.72. The lowest BCUT2D eigenvalue weighted by Crippen LogP contribution is -2.33. The van der Waals surface area contributed by atoms with Gasteiger partial charge in [-0.1, -0.05) is 11.2 Å². The van der Waals surface area contributed by atoms with Crippen molar-refractivity contribution in [3.05, 3.63) is 59.5 Å². The minimum atomic E-state index is 0.726. The summed E-state index contributed by atoms with van der Waals surface area (Å²) in [5.41, 5.74) is 5.43. The highest BCUT2D eigenvalue weighted by atomic mass is 16.5. The predicted octanol–water partition coefficient (Wildman–Crippen LogP) is 5.17. The summed E-state index contributed by atoms with van der Waals surface area (Å²) in [7, 11) is 4.17. The Morgan fingerprint density at radius 2 is 1.92 bits per heavy atom. The molecule has 0 amide bonds. The molecular formula is C29H37N5O2. The highest BCUT2D eigenvalue weighted by Crippen LogP contribution is 2.35. The van der Waals surface area contributed by atoms with Crippen LogP contribution in [0.2, 0.25) is 0 Å². The first kappa shape index (κ1) is 23.5. The molecule has 1 aliphatic heterocycles. The van der Waals surface area contributed by atoms with Crippen LogP contribution in [-0.4, -0.2) is 58.4 Å². The quantitative estimate of drug-likeness (QED) is 0.308. The number of nitrogens with zero attached hydrogens (tertiary/aromatic N) is 5. The third-order valence-corrected chi connectivity index (χ3v) is 7.72. The van der Waals surface area contributed by atoms with E-state index in [0.717, 1.165) is 96.7 Å². The summed E-state index contributed by atoms with van der Waals surface area (Å²) in [4.78, 5) is 4.71. The van der Waals surface area contributed by atoms with Gasteiger partial charge in [0, 0.05) is 24.7 Å². The number of rotatable bonds is 10. The van der Waals surface area contributed by atoms with E-state index >= 15 is 0 Å². The van der Waals surface area contributed by atoms with Crippen molar-refractivity contribution >= 4 is 16.5 Å². The van der Waals surface area contributed by atoms with Crippen molar-refractivity contribution in [2.75, 3.05) is 33.8 Å². The van der Waals surface area contributed by atoms with Crippen molar-refractivity contribution in [1.29, 1.82) is 0 Å². The molecular weight excluding hydrogens is 450 g/mol. The molecule has 2 fully saturated rings. The second-order valence-electron chi connectivity index (χ2n) is 11.0. The summed E-state index contributed by atoms with van der Waals surface area (Å²) in [5, 5.41) is 10.4. The fourth-order valence-corrected chi connectivity index (χ4v) is 5.44. The van der Waals surface area contributed by atoms with Crippen molar-refractivity contribution in [3.63, 3.8) is 0 Å². The molecule has 1 saturated heterocycles. The summed E-state index contributed by atoms with van der Waals surface area (Å²) in [5.74, 6) is 2.41. The van der Waals surface area contributed by atoms with Crippen LogP contribution in [0.1, 0.15) is 49.1 Å². The number of hydrogen-bond donors (Lipinski definition) is 0. The van der Waals surface area contributed by atoms with Gasteiger partial charge in [-0.05, 0) is 108 Å². The molecule has 4 heterocycles. The number of hydrogen-bond acceptors (Lipinski definition) is 6. The van der Waals surface area contributed by atoms with Gasteiger partial charge in [-0.25, -0.2) is 4.52 Å². The van der Waals surface area contributed by atoms with E-state index in [1.165, 1.54) is 25.7 Å². The Morgan fingerprint density at radius 3 is 2.69 bits per heavy atom. The number of fused-ring (bicyclic) bond motifs is 2. The molecule has 36 heavy (non-hydrogen) atoms. The van der Waals surface area contributed by atoms with E-state index in [4.69, 9.17) is 14.4 Å². The lowest BCUT2D eigenvalue weighted by molar-refractivity contribution is 0.170. The summed E-state index contributed by atoms with van der Waals surface area (Å²) in [6.07, 6.45) is 9.18. The van der Waals surface area contributed by atoms with E-state index in [1.807, 2.05) is 16.8 Å². The Labute approximate surface area is 213 Å². The van der Waals surface area contributed by atoms with Gasteiger partial charge in [-0.2, -0.15) is 5.10 Å². The van der Waals surface area contributed by atoms with Gasteiger partial charge in [-0.3, -0.25) is 4.90 Å². The normalized spacial score (nSPS) is 17.5. The third kappa shape index (κ3) is 5.27. The van der Waals surface area contributed by atoms with E-state index in [9.17, 15) is 0 Å². The average molecular weight is 488 g/mol. The molecule has 4 aromatic rings. The second-order valence-corrected chi connectivity index (χ2v) is 11.0. The van der Waals surface area contributed by atoms with E-state index in [2.05, 4.69) is 59.4 Å². The van der Waals surface area contributed by atoms with Crippen molar-refractivity contribution < 1.29 is 9.26 Å². The summed E-state index contributed by atoms with van der Waals surface area (Å²) < 4.78 is 14.1. The fraction of sp³-hybridized carbons (Fsp3) is 0.517. The molecule has 0 spiro atoms. The van der Waals surface area contributed by atoms with Gasteiger partial charge >= 0.3 is 0 Å². The Bertz CT molecular complexity index is 1280. The Balaban J connectivity index is 1.06. The van der Waals surface area contributed by atoms with E-state index in [0.29, 0.717) is 0 Å². The zero-order valence-electron chi connectivity index (χ0n) is 21.5. The zero-order valence-corrected chi connectivity index (χ0v) is 21.5.